The summed E-state index contributed by atoms with van der Waals surface area (Å²) in [5, 5.41) is 14.2. The van der Waals surface area contributed by atoms with Crippen LogP contribution in [0.4, 0.5) is 5.69 Å². The van der Waals surface area contributed by atoms with Gasteiger partial charge in [-0.2, -0.15) is 0 Å². The third kappa shape index (κ3) is 2.21. The molecule has 1 aliphatic rings. The van der Waals surface area contributed by atoms with Gasteiger partial charge in [-0.15, -0.1) is 0 Å². The van der Waals surface area contributed by atoms with E-state index in [1.54, 1.807) is 24.3 Å². The molecule has 2 aromatic rings. The van der Waals surface area contributed by atoms with Crippen molar-refractivity contribution in [3.63, 3.8) is 0 Å². The predicted octanol–water partition coefficient (Wildman–Crippen LogP) is 1.46. The van der Waals surface area contributed by atoms with Gasteiger partial charge in [0, 0.05) is 22.5 Å². The van der Waals surface area contributed by atoms with Crippen LogP contribution in [-0.4, -0.2) is 30.3 Å². The van der Waals surface area contributed by atoms with Crippen LogP contribution in [0.2, 0.25) is 0 Å². The highest BCUT2D eigenvalue weighted by molar-refractivity contribution is 6.04. The van der Waals surface area contributed by atoms with Crippen molar-refractivity contribution in [2.75, 3.05) is 18.5 Å². The van der Waals surface area contributed by atoms with Crippen molar-refractivity contribution in [1.82, 2.24) is 0 Å². The van der Waals surface area contributed by atoms with E-state index < -0.39 is 0 Å². The lowest BCUT2D eigenvalue weighted by Gasteiger charge is -2.15. The minimum Gasteiger partial charge on any atom is -0.507 e. The van der Waals surface area contributed by atoms with Crippen molar-refractivity contribution in [2.24, 2.45) is 11.7 Å². The minimum atomic E-state index is -0.331. The van der Waals surface area contributed by atoms with Crippen LogP contribution in [0.15, 0.2) is 36.4 Å². The van der Waals surface area contributed by atoms with Gasteiger partial charge in [-0.05, 0) is 12.1 Å². The molecule has 1 fully saturated rings. The first-order valence-electron chi connectivity index (χ1n) is 6.51. The van der Waals surface area contributed by atoms with Crippen LogP contribution in [0.3, 0.4) is 0 Å². The first-order valence-corrected chi connectivity index (χ1v) is 6.51. The maximum Gasteiger partial charge on any atom is 0.231 e. The van der Waals surface area contributed by atoms with Gasteiger partial charge in [0.1, 0.15) is 5.75 Å². The summed E-state index contributed by atoms with van der Waals surface area (Å²) in [6.45, 7) is 0.761. The molecule has 0 spiro atoms. The molecule has 0 bridgehead atoms. The third-order valence-electron chi connectivity index (χ3n) is 3.62. The van der Waals surface area contributed by atoms with Crippen molar-refractivity contribution in [1.29, 1.82) is 0 Å². The highest BCUT2D eigenvalue weighted by atomic mass is 16.5. The maximum atomic E-state index is 12.2. The number of amides is 1. The highest BCUT2D eigenvalue weighted by Gasteiger charge is 2.31. The van der Waals surface area contributed by atoms with Gasteiger partial charge in [-0.25, -0.2) is 0 Å². The van der Waals surface area contributed by atoms with Crippen molar-refractivity contribution < 1.29 is 14.6 Å². The summed E-state index contributed by atoms with van der Waals surface area (Å²) in [7, 11) is 0. The Kier molecular flexibility index (Phi) is 3.30. The van der Waals surface area contributed by atoms with Gasteiger partial charge >= 0.3 is 0 Å². The summed E-state index contributed by atoms with van der Waals surface area (Å²) in [6, 6.07) is 10.4. The first kappa shape index (κ1) is 12.9. The Labute approximate surface area is 116 Å². The van der Waals surface area contributed by atoms with Crippen LogP contribution in [0.1, 0.15) is 0 Å². The number of fused-ring (bicyclic) bond motifs is 1. The van der Waals surface area contributed by atoms with Crippen molar-refractivity contribution >= 4 is 22.4 Å². The maximum absolute atomic E-state index is 12.2. The Hall–Kier alpha value is -2.11. The summed E-state index contributed by atoms with van der Waals surface area (Å²) < 4.78 is 5.21. The molecule has 1 heterocycles. The van der Waals surface area contributed by atoms with Crippen LogP contribution in [-0.2, 0) is 9.53 Å². The second kappa shape index (κ2) is 5.11. The Balaban J connectivity index is 1.91. The fourth-order valence-corrected chi connectivity index (χ4v) is 2.47. The lowest BCUT2D eigenvalue weighted by atomic mass is 10.0. The smallest absolute Gasteiger partial charge is 0.231 e. The number of rotatable bonds is 2. The number of carbonyl (C=O) groups is 1. The molecule has 1 amide bonds. The van der Waals surface area contributed by atoms with E-state index >= 15 is 0 Å². The molecule has 1 saturated heterocycles. The number of ether oxygens (including phenoxy) is 1. The number of phenols is 1. The molecule has 2 atom stereocenters. The van der Waals surface area contributed by atoms with Crippen LogP contribution < -0.4 is 11.1 Å². The van der Waals surface area contributed by atoms with Crippen molar-refractivity contribution in [2.45, 2.75) is 6.04 Å². The quantitative estimate of drug-likeness (QED) is 0.772. The van der Waals surface area contributed by atoms with Crippen LogP contribution in [0.5, 0.6) is 5.75 Å². The zero-order valence-corrected chi connectivity index (χ0v) is 10.9. The Morgan fingerprint density at radius 3 is 2.70 bits per heavy atom. The molecule has 4 N–H and O–H groups in total. The van der Waals surface area contributed by atoms with Gasteiger partial charge in [0.05, 0.1) is 19.1 Å². The van der Waals surface area contributed by atoms with Crippen LogP contribution in [0.25, 0.3) is 10.8 Å². The number of carbonyl (C=O) groups excluding carboxylic acids is 1. The highest BCUT2D eigenvalue weighted by Crippen LogP contribution is 2.30. The van der Waals surface area contributed by atoms with E-state index in [-0.39, 0.29) is 23.6 Å². The molecule has 20 heavy (non-hydrogen) atoms. The molecule has 1 aliphatic heterocycles. The molecule has 0 saturated carbocycles. The van der Waals surface area contributed by atoms with Crippen molar-refractivity contribution in [3.05, 3.63) is 36.4 Å². The van der Waals surface area contributed by atoms with Gasteiger partial charge in [0.2, 0.25) is 5.91 Å². The zero-order valence-electron chi connectivity index (χ0n) is 10.9. The average Bonchev–Trinajstić information content (AvgIpc) is 2.86. The fourth-order valence-electron chi connectivity index (χ4n) is 2.47. The molecule has 2 unspecified atom stereocenters. The summed E-state index contributed by atoms with van der Waals surface area (Å²) in [6.07, 6.45) is 0. The van der Waals surface area contributed by atoms with E-state index in [4.69, 9.17) is 10.5 Å². The summed E-state index contributed by atoms with van der Waals surface area (Å²) >= 11 is 0. The molecular formula is C15H16N2O3. The van der Waals surface area contributed by atoms with E-state index in [1.807, 2.05) is 12.1 Å². The monoisotopic (exact) mass is 272 g/mol. The van der Waals surface area contributed by atoms with Crippen LogP contribution in [0, 0.1) is 5.92 Å². The van der Waals surface area contributed by atoms with Gasteiger partial charge in [0.15, 0.2) is 0 Å². The number of hydrogen-bond donors (Lipinski definition) is 3. The molecular weight excluding hydrogens is 256 g/mol. The second-order valence-corrected chi connectivity index (χ2v) is 4.97. The van der Waals surface area contributed by atoms with E-state index in [0.29, 0.717) is 24.3 Å². The number of aromatic hydroxyl groups is 1. The van der Waals surface area contributed by atoms with Crippen LogP contribution >= 0.6 is 0 Å². The largest absolute Gasteiger partial charge is 0.507 e. The second-order valence-electron chi connectivity index (χ2n) is 4.97. The van der Waals surface area contributed by atoms with Gasteiger partial charge in [0.25, 0.3) is 0 Å². The van der Waals surface area contributed by atoms with Gasteiger partial charge in [-0.3, -0.25) is 4.79 Å². The average molecular weight is 272 g/mol. The van der Waals surface area contributed by atoms with Crippen molar-refractivity contribution in [3.8, 4) is 5.75 Å². The number of anilines is 1. The topological polar surface area (TPSA) is 84.6 Å². The number of nitrogens with one attached hydrogen (secondary N) is 1. The summed E-state index contributed by atoms with van der Waals surface area (Å²) in [5.74, 6) is -0.284. The first-order chi connectivity index (χ1) is 9.66. The Morgan fingerprint density at radius 1 is 1.20 bits per heavy atom. The number of benzene rings is 2. The Morgan fingerprint density at radius 2 is 1.95 bits per heavy atom. The van der Waals surface area contributed by atoms with Gasteiger partial charge < -0.3 is 20.9 Å². The molecule has 2 aromatic carbocycles. The zero-order chi connectivity index (χ0) is 14.1. The Bertz CT molecular complexity index is 657. The SMILES string of the molecule is NC1COCC1C(=O)Nc1cccc2c(O)cccc12. The minimum absolute atomic E-state index is 0.147. The van der Waals surface area contributed by atoms with E-state index in [2.05, 4.69) is 5.32 Å². The van der Waals surface area contributed by atoms with Gasteiger partial charge in [-0.1, -0.05) is 24.3 Å². The fraction of sp³-hybridized carbons (Fsp3) is 0.267. The number of phenolic OH excluding ortho intramolecular Hbond substituents is 1. The van der Waals surface area contributed by atoms with E-state index in [0.717, 1.165) is 5.39 Å². The third-order valence-corrected chi connectivity index (χ3v) is 3.62. The standard InChI is InChI=1S/C15H16N2O3/c16-12-8-20-7-11(12)15(19)17-13-5-1-4-10-9(13)3-2-6-14(10)18/h1-6,11-12,18H,7-8,16H2,(H,17,19). The van der Waals surface area contributed by atoms with E-state index in [9.17, 15) is 9.90 Å². The lowest BCUT2D eigenvalue weighted by Crippen LogP contribution is -2.37. The summed E-state index contributed by atoms with van der Waals surface area (Å²) in [5.41, 5.74) is 6.51. The molecule has 104 valence electrons. The number of nitrogens with two attached hydrogens (primary N) is 1. The molecule has 5 heteroatoms. The molecule has 5 nitrogen and oxygen atoms in total. The molecule has 0 radical (unpaired) electrons. The lowest BCUT2D eigenvalue weighted by molar-refractivity contribution is -0.120. The predicted molar refractivity (Wildman–Crippen MR) is 76.5 cm³/mol. The van der Waals surface area contributed by atoms with E-state index in [1.165, 1.54) is 0 Å². The summed E-state index contributed by atoms with van der Waals surface area (Å²) in [4.78, 5) is 12.2. The number of hydrogen-bond acceptors (Lipinski definition) is 4. The normalized spacial score (nSPS) is 22.1. The molecule has 0 aliphatic carbocycles. The molecule has 3 rings (SSSR count). The molecule has 0 aromatic heterocycles.